The summed E-state index contributed by atoms with van der Waals surface area (Å²) in [5, 5.41) is 8.85. The third-order valence-electron chi connectivity index (χ3n) is 6.36. The zero-order valence-corrected chi connectivity index (χ0v) is 21.4. The molecular formula is C24H48O3S. The number of carboxylic acids is 1. The van der Waals surface area contributed by atoms with Crippen LogP contribution in [0.2, 0.25) is 0 Å². The fraction of sp³-hybridized carbons (Fsp3) is 0.958. The highest BCUT2D eigenvalue weighted by Gasteiger charge is 2.37. The Morgan fingerprint density at radius 2 is 1.39 bits per heavy atom. The number of carboxylic acid groups (broad SMARTS) is 1. The Bertz CT molecular complexity index is 485. The molecule has 4 heteroatoms. The molecule has 0 fully saturated rings. The molecule has 0 aliphatic carbocycles. The van der Waals surface area contributed by atoms with E-state index >= 15 is 0 Å². The summed E-state index contributed by atoms with van der Waals surface area (Å²) in [6, 6.07) is 0. The first kappa shape index (κ1) is 27.8. The Morgan fingerprint density at radius 1 is 0.857 bits per heavy atom. The van der Waals surface area contributed by atoms with Crippen molar-refractivity contribution in [2.24, 2.45) is 16.2 Å². The van der Waals surface area contributed by atoms with Gasteiger partial charge in [-0.15, -0.1) is 0 Å². The van der Waals surface area contributed by atoms with Crippen LogP contribution in [0.15, 0.2) is 0 Å². The first-order chi connectivity index (χ1) is 12.3. The van der Waals surface area contributed by atoms with E-state index in [9.17, 15) is 4.79 Å². The average Bonchev–Trinajstić information content (AvgIpc) is 2.41. The molecule has 0 radical (unpaired) electrons. The van der Waals surface area contributed by atoms with Crippen molar-refractivity contribution in [2.45, 2.75) is 119 Å². The topological polar surface area (TPSA) is 46.5 Å². The van der Waals surface area contributed by atoms with Gasteiger partial charge in [-0.3, -0.25) is 4.79 Å². The maximum atomic E-state index is 10.8. The lowest BCUT2D eigenvalue weighted by Gasteiger charge is -2.44. The molecule has 0 rings (SSSR count). The Labute approximate surface area is 179 Å². The number of rotatable bonds is 13. The zero-order valence-electron chi connectivity index (χ0n) is 20.6. The van der Waals surface area contributed by atoms with Crippen molar-refractivity contribution in [3.05, 3.63) is 0 Å². The van der Waals surface area contributed by atoms with Gasteiger partial charge in [0.1, 0.15) is 0 Å². The molecule has 3 nitrogen and oxygen atoms in total. The molecular weight excluding hydrogens is 368 g/mol. The van der Waals surface area contributed by atoms with Crippen LogP contribution in [0.1, 0.15) is 108 Å². The van der Waals surface area contributed by atoms with E-state index in [2.05, 4.69) is 62.3 Å². The van der Waals surface area contributed by atoms with Crippen LogP contribution < -0.4 is 0 Å². The lowest BCUT2D eigenvalue weighted by atomic mass is 9.62. The second-order valence-electron chi connectivity index (χ2n) is 12.1. The van der Waals surface area contributed by atoms with Crippen molar-refractivity contribution < 1.29 is 14.6 Å². The van der Waals surface area contributed by atoms with Crippen molar-refractivity contribution in [1.82, 2.24) is 0 Å². The maximum absolute atomic E-state index is 10.8. The van der Waals surface area contributed by atoms with Crippen LogP contribution in [0.25, 0.3) is 0 Å². The van der Waals surface area contributed by atoms with Crippen molar-refractivity contribution in [3.63, 3.8) is 0 Å². The summed E-state index contributed by atoms with van der Waals surface area (Å²) in [6.45, 7) is 25.9. The van der Waals surface area contributed by atoms with E-state index in [0.717, 1.165) is 12.2 Å². The predicted octanol–water partition coefficient (Wildman–Crippen LogP) is 7.43. The number of aliphatic carboxylic acids is 1. The molecule has 0 aliphatic rings. The van der Waals surface area contributed by atoms with Crippen LogP contribution in [0.5, 0.6) is 0 Å². The van der Waals surface area contributed by atoms with Crippen molar-refractivity contribution in [3.8, 4) is 0 Å². The Morgan fingerprint density at radius 3 is 1.86 bits per heavy atom. The van der Waals surface area contributed by atoms with Gasteiger partial charge in [0.2, 0.25) is 0 Å². The van der Waals surface area contributed by atoms with Gasteiger partial charge in [0.05, 0.1) is 5.60 Å². The second kappa shape index (κ2) is 10.2. The molecule has 0 aromatic carbocycles. The van der Waals surface area contributed by atoms with Gasteiger partial charge in [-0.05, 0) is 61.5 Å². The minimum atomic E-state index is -0.759. The van der Waals surface area contributed by atoms with Crippen LogP contribution in [0, 0.1) is 16.2 Å². The first-order valence-corrected chi connectivity index (χ1v) is 11.8. The quantitative estimate of drug-likeness (QED) is 0.339. The maximum Gasteiger partial charge on any atom is 0.303 e. The standard InChI is InChI=1S/C24H48O3S/c1-20(2,3)22(6,7)18-21(4,5)15-17-28-24(10,11)14-16-27-23(8,9)13-12-19(25)26/h12-18H2,1-11H3,(H,25,26). The normalized spacial score (nSPS) is 14.4. The van der Waals surface area contributed by atoms with E-state index in [-0.39, 0.29) is 16.8 Å². The minimum Gasteiger partial charge on any atom is -0.481 e. The van der Waals surface area contributed by atoms with Crippen LogP contribution >= 0.6 is 11.8 Å². The molecule has 0 bridgehead atoms. The van der Waals surface area contributed by atoms with E-state index in [0.29, 0.717) is 29.3 Å². The summed E-state index contributed by atoms with van der Waals surface area (Å²) in [6.07, 6.45) is 4.12. The lowest BCUT2D eigenvalue weighted by molar-refractivity contribution is -0.138. The van der Waals surface area contributed by atoms with Gasteiger partial charge in [-0.2, -0.15) is 11.8 Å². The third kappa shape index (κ3) is 11.7. The number of hydrogen-bond donors (Lipinski definition) is 1. The molecule has 0 spiro atoms. The molecule has 0 saturated carbocycles. The summed E-state index contributed by atoms with van der Waals surface area (Å²) in [5.74, 6) is 0.396. The number of hydrogen-bond acceptors (Lipinski definition) is 3. The van der Waals surface area contributed by atoms with E-state index in [1.54, 1.807) is 0 Å². The number of ether oxygens (including phenoxy) is 1. The largest absolute Gasteiger partial charge is 0.481 e. The molecule has 0 amide bonds. The highest BCUT2D eigenvalue weighted by atomic mass is 32.2. The predicted molar refractivity (Wildman–Crippen MR) is 124 cm³/mol. The SMILES string of the molecule is CC(C)(CCSC(C)(C)CCOC(C)(C)CCC(=O)O)CC(C)(C)C(C)(C)C. The van der Waals surface area contributed by atoms with E-state index in [4.69, 9.17) is 9.84 Å². The highest BCUT2D eigenvalue weighted by Crippen LogP contribution is 2.47. The molecule has 168 valence electrons. The van der Waals surface area contributed by atoms with E-state index in [1.807, 2.05) is 25.6 Å². The Kier molecular flexibility index (Phi) is 10.1. The van der Waals surface area contributed by atoms with Gasteiger partial charge in [-0.1, -0.05) is 62.3 Å². The Hall–Kier alpha value is -0.220. The van der Waals surface area contributed by atoms with Crippen LogP contribution in [-0.2, 0) is 9.53 Å². The third-order valence-corrected chi connectivity index (χ3v) is 7.75. The van der Waals surface area contributed by atoms with Gasteiger partial charge in [0.25, 0.3) is 0 Å². The lowest BCUT2D eigenvalue weighted by Crippen LogP contribution is -2.35. The number of carbonyl (C=O) groups is 1. The molecule has 0 heterocycles. The van der Waals surface area contributed by atoms with Crippen LogP contribution in [0.3, 0.4) is 0 Å². The van der Waals surface area contributed by atoms with E-state index < -0.39 is 5.97 Å². The number of thioether (sulfide) groups is 1. The minimum absolute atomic E-state index is 0.158. The molecule has 0 aliphatic heterocycles. The van der Waals surface area contributed by atoms with Crippen molar-refractivity contribution in [1.29, 1.82) is 0 Å². The van der Waals surface area contributed by atoms with E-state index in [1.165, 1.54) is 12.8 Å². The van der Waals surface area contributed by atoms with Crippen LogP contribution in [0.4, 0.5) is 0 Å². The van der Waals surface area contributed by atoms with Crippen molar-refractivity contribution in [2.75, 3.05) is 12.4 Å². The summed E-state index contributed by atoms with van der Waals surface area (Å²) < 4.78 is 6.15. The summed E-state index contributed by atoms with van der Waals surface area (Å²) in [4.78, 5) is 10.8. The zero-order chi connectivity index (χ0) is 22.4. The smallest absolute Gasteiger partial charge is 0.303 e. The van der Waals surface area contributed by atoms with Crippen LogP contribution in [-0.4, -0.2) is 33.8 Å². The van der Waals surface area contributed by atoms with Gasteiger partial charge in [-0.25, -0.2) is 0 Å². The van der Waals surface area contributed by atoms with Gasteiger partial charge in [0, 0.05) is 17.8 Å². The fourth-order valence-corrected chi connectivity index (χ4v) is 4.71. The molecule has 0 aromatic heterocycles. The molecule has 28 heavy (non-hydrogen) atoms. The highest BCUT2D eigenvalue weighted by molar-refractivity contribution is 8.00. The molecule has 0 aromatic rings. The summed E-state index contributed by atoms with van der Waals surface area (Å²) in [5.41, 5.74) is 0.572. The molecule has 0 atom stereocenters. The fourth-order valence-electron chi connectivity index (χ4n) is 3.28. The first-order valence-electron chi connectivity index (χ1n) is 10.8. The summed E-state index contributed by atoms with van der Waals surface area (Å²) in [7, 11) is 0. The average molecular weight is 417 g/mol. The second-order valence-corrected chi connectivity index (χ2v) is 13.9. The Balaban J connectivity index is 4.40. The summed E-state index contributed by atoms with van der Waals surface area (Å²) >= 11 is 2.03. The monoisotopic (exact) mass is 416 g/mol. The molecule has 1 N–H and O–H groups in total. The molecule has 0 saturated heterocycles. The molecule has 0 unspecified atom stereocenters. The van der Waals surface area contributed by atoms with Gasteiger partial charge in [0.15, 0.2) is 0 Å². The van der Waals surface area contributed by atoms with Gasteiger partial charge >= 0.3 is 5.97 Å². The van der Waals surface area contributed by atoms with Crippen molar-refractivity contribution >= 4 is 17.7 Å². The van der Waals surface area contributed by atoms with Gasteiger partial charge < -0.3 is 9.84 Å².